The Labute approximate surface area is 208 Å². The number of imide groups is 1. The van der Waals surface area contributed by atoms with Crippen LogP contribution in [0.1, 0.15) is 6.92 Å². The molecule has 0 spiro atoms. The second kappa shape index (κ2) is 8.79. The van der Waals surface area contributed by atoms with Gasteiger partial charge in [0.2, 0.25) is 11.4 Å². The van der Waals surface area contributed by atoms with Gasteiger partial charge in [-0.25, -0.2) is 33.6 Å². The van der Waals surface area contributed by atoms with Crippen LogP contribution in [0.3, 0.4) is 0 Å². The van der Waals surface area contributed by atoms with Crippen molar-refractivity contribution < 1.29 is 19.1 Å². The lowest BCUT2D eigenvalue weighted by atomic mass is 9.84. The Morgan fingerprint density at radius 2 is 1.64 bits per heavy atom. The fourth-order valence-electron chi connectivity index (χ4n) is 4.81. The third-order valence-electron chi connectivity index (χ3n) is 6.26. The SMILES string of the molecule is CCOC(=O)[C@@H]1N=C(SC)[C@@]2(n3[nH]c(=O)n(-c4ccccc4)c3=O)C(=O)N(c3ccccc3)C(=O)[C@@H]12. The molecule has 0 radical (unpaired) electrons. The second-order valence-corrected chi connectivity index (χ2v) is 8.89. The number of thioether (sulfide) groups is 1. The number of hydrogen-bond acceptors (Lipinski definition) is 8. The zero-order valence-electron chi connectivity index (χ0n) is 19.3. The number of ether oxygens (including phenoxy) is 1. The zero-order valence-corrected chi connectivity index (χ0v) is 20.1. The average Bonchev–Trinajstić information content (AvgIpc) is 3.46. The number of fused-ring (bicyclic) bond motifs is 1. The van der Waals surface area contributed by atoms with Crippen LogP contribution < -0.4 is 16.3 Å². The molecule has 1 N–H and O–H groups in total. The summed E-state index contributed by atoms with van der Waals surface area (Å²) in [5.74, 6) is -3.76. The van der Waals surface area contributed by atoms with Gasteiger partial charge in [-0.05, 0) is 37.4 Å². The molecule has 0 unspecified atom stereocenters. The first-order valence-electron chi connectivity index (χ1n) is 11.1. The number of para-hydroxylation sites is 2. The number of rotatable bonds is 5. The van der Waals surface area contributed by atoms with Gasteiger partial charge >= 0.3 is 17.3 Å². The maximum Gasteiger partial charge on any atom is 0.353 e. The van der Waals surface area contributed by atoms with Crippen LogP contribution >= 0.6 is 11.8 Å². The van der Waals surface area contributed by atoms with E-state index in [1.807, 2.05) is 0 Å². The first-order chi connectivity index (χ1) is 17.4. The van der Waals surface area contributed by atoms with Crippen LogP contribution in [0.15, 0.2) is 75.2 Å². The van der Waals surface area contributed by atoms with E-state index in [1.54, 1.807) is 73.8 Å². The Bertz CT molecular complexity index is 1510. The summed E-state index contributed by atoms with van der Waals surface area (Å²) in [7, 11) is 0. The van der Waals surface area contributed by atoms with Crippen LogP contribution in [0, 0.1) is 5.92 Å². The maximum absolute atomic E-state index is 14.2. The van der Waals surface area contributed by atoms with Crippen LogP contribution in [-0.2, 0) is 24.7 Å². The topological polar surface area (TPSA) is 136 Å². The molecule has 2 amide bonds. The normalized spacial score (nSPS) is 23.1. The van der Waals surface area contributed by atoms with Crippen molar-refractivity contribution in [1.29, 1.82) is 0 Å². The smallest absolute Gasteiger partial charge is 0.353 e. The molecular formula is C24H21N5O6S. The molecule has 184 valence electrons. The van der Waals surface area contributed by atoms with Crippen molar-refractivity contribution >= 4 is 40.3 Å². The zero-order chi connectivity index (χ0) is 25.6. The molecule has 3 heterocycles. The van der Waals surface area contributed by atoms with E-state index in [0.717, 1.165) is 25.9 Å². The van der Waals surface area contributed by atoms with E-state index in [1.165, 1.54) is 0 Å². The molecule has 1 saturated heterocycles. The van der Waals surface area contributed by atoms with Crippen LogP contribution in [0.2, 0.25) is 0 Å². The number of carbonyl (C=O) groups is 3. The number of nitrogens with zero attached hydrogens (tertiary/aromatic N) is 4. The molecule has 2 aromatic carbocycles. The van der Waals surface area contributed by atoms with Crippen LogP contribution in [-0.4, -0.2) is 56.1 Å². The fourth-order valence-corrected chi connectivity index (χ4v) is 5.65. The van der Waals surface area contributed by atoms with Crippen molar-refractivity contribution in [3.63, 3.8) is 0 Å². The number of carbonyl (C=O) groups excluding carboxylic acids is 3. The Kier molecular flexibility index (Phi) is 5.75. The average molecular weight is 508 g/mol. The largest absolute Gasteiger partial charge is 0.464 e. The van der Waals surface area contributed by atoms with E-state index in [2.05, 4.69) is 10.1 Å². The molecule has 12 heteroatoms. The number of aliphatic imine (C=N–C) groups is 1. The maximum atomic E-state index is 14.2. The number of aromatic amines is 1. The van der Waals surface area contributed by atoms with Crippen molar-refractivity contribution in [2.24, 2.45) is 10.9 Å². The Morgan fingerprint density at radius 3 is 2.22 bits per heavy atom. The van der Waals surface area contributed by atoms with Gasteiger partial charge in [0, 0.05) is 0 Å². The number of amides is 2. The summed E-state index contributed by atoms with van der Waals surface area (Å²) in [5, 5.41) is 2.51. The molecule has 5 rings (SSSR count). The quantitative estimate of drug-likeness (QED) is 0.401. The molecule has 3 atom stereocenters. The highest BCUT2D eigenvalue weighted by molar-refractivity contribution is 8.13. The van der Waals surface area contributed by atoms with E-state index < -0.39 is 46.7 Å². The highest BCUT2D eigenvalue weighted by atomic mass is 32.2. The highest BCUT2D eigenvalue weighted by Gasteiger charge is 2.72. The van der Waals surface area contributed by atoms with Gasteiger partial charge in [-0.1, -0.05) is 36.4 Å². The van der Waals surface area contributed by atoms with E-state index >= 15 is 0 Å². The first-order valence-corrected chi connectivity index (χ1v) is 12.3. The number of hydrogen-bond donors (Lipinski definition) is 1. The minimum absolute atomic E-state index is 0.0326. The van der Waals surface area contributed by atoms with Crippen molar-refractivity contribution in [2.45, 2.75) is 18.5 Å². The summed E-state index contributed by atoms with van der Waals surface area (Å²) < 4.78 is 6.86. The predicted molar refractivity (Wildman–Crippen MR) is 132 cm³/mol. The number of benzene rings is 2. The molecule has 11 nitrogen and oxygen atoms in total. The van der Waals surface area contributed by atoms with Crippen LogP contribution in [0.4, 0.5) is 5.69 Å². The van der Waals surface area contributed by atoms with Crippen molar-refractivity contribution in [1.82, 2.24) is 14.3 Å². The molecule has 1 aromatic heterocycles. The van der Waals surface area contributed by atoms with Gasteiger partial charge in [0.05, 0.1) is 18.0 Å². The third-order valence-corrected chi connectivity index (χ3v) is 7.06. The standard InChI is InChI=1S/C24H21N5O6S/c1-3-35-19(31)17-16-18(30)27(14-10-6-4-7-11-14)21(32)24(16,20(25-17)36-2)29-23(34)28(22(33)26-29)15-12-8-5-9-13-15/h4-13,16-17H,3H2,1-2H3,(H,26,33)/t16-,17-,24-/m1/s1. The number of H-pyrrole nitrogens is 1. The second-order valence-electron chi connectivity index (χ2n) is 8.10. The summed E-state index contributed by atoms with van der Waals surface area (Å²) >= 11 is 1.02. The van der Waals surface area contributed by atoms with E-state index in [4.69, 9.17) is 4.74 Å². The van der Waals surface area contributed by atoms with Crippen LogP contribution in [0.25, 0.3) is 5.69 Å². The van der Waals surface area contributed by atoms with E-state index in [9.17, 15) is 24.0 Å². The number of aromatic nitrogens is 3. The van der Waals surface area contributed by atoms with Gasteiger partial charge in [0.25, 0.3) is 5.91 Å². The van der Waals surface area contributed by atoms with Gasteiger partial charge in [-0.3, -0.25) is 14.6 Å². The van der Waals surface area contributed by atoms with Gasteiger partial charge in [-0.2, -0.15) is 0 Å². The summed E-state index contributed by atoms with van der Waals surface area (Å²) in [5.41, 5.74) is -3.21. The van der Waals surface area contributed by atoms with Gasteiger partial charge in [0.1, 0.15) is 11.0 Å². The lowest BCUT2D eigenvalue weighted by Crippen LogP contribution is -2.55. The third kappa shape index (κ3) is 3.14. The molecule has 0 aliphatic carbocycles. The van der Waals surface area contributed by atoms with Crippen molar-refractivity contribution in [3.8, 4) is 5.69 Å². The van der Waals surface area contributed by atoms with Crippen molar-refractivity contribution in [3.05, 3.63) is 81.6 Å². The van der Waals surface area contributed by atoms with E-state index in [0.29, 0.717) is 0 Å². The van der Waals surface area contributed by atoms with Crippen molar-refractivity contribution in [2.75, 3.05) is 17.8 Å². The molecule has 2 aliphatic rings. The highest BCUT2D eigenvalue weighted by Crippen LogP contribution is 2.48. The minimum Gasteiger partial charge on any atom is -0.464 e. The summed E-state index contributed by atoms with van der Waals surface area (Å²) in [6, 6.07) is 15.0. The lowest BCUT2D eigenvalue weighted by Gasteiger charge is -2.27. The Hall–Kier alpha value is -4.19. The Balaban J connectivity index is 1.79. The fraction of sp³-hybridized carbons (Fsp3) is 0.250. The van der Waals surface area contributed by atoms with Gasteiger partial charge < -0.3 is 4.74 Å². The first kappa shape index (κ1) is 23.5. The number of nitrogens with one attached hydrogen (secondary N) is 1. The van der Waals surface area contributed by atoms with Crippen LogP contribution in [0.5, 0.6) is 0 Å². The summed E-state index contributed by atoms with van der Waals surface area (Å²) in [4.78, 5) is 73.0. The lowest BCUT2D eigenvalue weighted by molar-refractivity contribution is -0.147. The monoisotopic (exact) mass is 507 g/mol. The summed E-state index contributed by atoms with van der Waals surface area (Å²) in [6.45, 7) is 1.64. The molecule has 1 fully saturated rings. The summed E-state index contributed by atoms with van der Waals surface area (Å²) in [6.07, 6.45) is 1.62. The molecular weight excluding hydrogens is 486 g/mol. The predicted octanol–water partition coefficient (Wildman–Crippen LogP) is 0.919. The number of anilines is 1. The molecule has 0 saturated carbocycles. The molecule has 0 bridgehead atoms. The molecule has 3 aromatic rings. The van der Waals surface area contributed by atoms with E-state index in [-0.39, 0.29) is 23.0 Å². The Morgan fingerprint density at radius 1 is 1.03 bits per heavy atom. The number of esters is 1. The van der Waals surface area contributed by atoms with Gasteiger partial charge in [0.15, 0.2) is 6.04 Å². The molecule has 2 aliphatic heterocycles. The minimum atomic E-state index is -2.07. The molecule has 36 heavy (non-hydrogen) atoms. The van der Waals surface area contributed by atoms with Gasteiger partial charge in [-0.15, -0.1) is 11.8 Å².